The Labute approximate surface area is 155 Å². The summed E-state index contributed by atoms with van der Waals surface area (Å²) < 4.78 is 10.0. The van der Waals surface area contributed by atoms with Crippen LogP contribution in [0.5, 0.6) is 0 Å². The molecule has 2 aliphatic heterocycles. The summed E-state index contributed by atoms with van der Waals surface area (Å²) in [6.45, 7) is 6.98. The summed E-state index contributed by atoms with van der Waals surface area (Å²) >= 11 is 0. The Morgan fingerprint density at radius 2 is 1.81 bits per heavy atom. The van der Waals surface area contributed by atoms with E-state index in [1.54, 1.807) is 6.07 Å². The van der Waals surface area contributed by atoms with Crippen LogP contribution >= 0.6 is 0 Å². The largest absolute Gasteiger partial charge is 0.479 e. The smallest absolute Gasteiger partial charge is 0.369 e. The monoisotopic (exact) mass is 373 g/mol. The number of amides is 2. The number of azo groups is 1. The number of aliphatic hydroxyl groups is 1. The maximum Gasteiger partial charge on any atom is 0.369 e. The van der Waals surface area contributed by atoms with Crippen molar-refractivity contribution in [3.63, 3.8) is 0 Å². The van der Waals surface area contributed by atoms with E-state index >= 15 is 0 Å². The first-order valence-corrected chi connectivity index (χ1v) is 8.37. The second-order valence-corrected chi connectivity index (χ2v) is 7.06. The summed E-state index contributed by atoms with van der Waals surface area (Å²) in [5.74, 6) is -3.73. The van der Waals surface area contributed by atoms with Crippen molar-refractivity contribution in [1.82, 2.24) is 4.90 Å². The van der Waals surface area contributed by atoms with Gasteiger partial charge in [0.05, 0.1) is 16.8 Å². The first-order valence-electron chi connectivity index (χ1n) is 8.37. The summed E-state index contributed by atoms with van der Waals surface area (Å²) in [5, 5.41) is 17.4. The van der Waals surface area contributed by atoms with Gasteiger partial charge in [0.1, 0.15) is 0 Å². The van der Waals surface area contributed by atoms with Crippen molar-refractivity contribution >= 4 is 23.5 Å². The highest BCUT2D eigenvalue weighted by atomic mass is 16.8. The van der Waals surface area contributed by atoms with Crippen molar-refractivity contribution in [2.45, 2.75) is 33.5 Å². The van der Waals surface area contributed by atoms with Crippen molar-refractivity contribution < 1.29 is 29.0 Å². The molecule has 0 aromatic heterocycles. The number of imide groups is 1. The number of carbonyl (C=O) groups is 3. The summed E-state index contributed by atoms with van der Waals surface area (Å²) in [4.78, 5) is 38.2. The van der Waals surface area contributed by atoms with E-state index in [9.17, 15) is 19.5 Å². The van der Waals surface area contributed by atoms with E-state index in [0.717, 1.165) is 4.90 Å². The third kappa shape index (κ3) is 3.40. The molecule has 1 N–H and O–H groups in total. The topological polar surface area (TPSA) is 118 Å². The van der Waals surface area contributed by atoms with Gasteiger partial charge in [-0.25, -0.2) is 4.79 Å². The third-order valence-corrected chi connectivity index (χ3v) is 3.86. The average molecular weight is 373 g/mol. The SMILES string of the molecule is CC(C)CN1C(=O)c2cccc(N=NC3=C(O)OC(C)(C)OC3=O)c2C1=O. The van der Waals surface area contributed by atoms with Crippen LogP contribution in [0.2, 0.25) is 0 Å². The number of esters is 1. The van der Waals surface area contributed by atoms with Gasteiger partial charge in [0.15, 0.2) is 0 Å². The quantitative estimate of drug-likeness (QED) is 0.492. The molecule has 2 aliphatic rings. The number of rotatable bonds is 4. The molecule has 2 amide bonds. The predicted molar refractivity (Wildman–Crippen MR) is 92.1 cm³/mol. The predicted octanol–water partition coefficient (Wildman–Crippen LogP) is 3.06. The molecular weight excluding hydrogens is 354 g/mol. The number of benzene rings is 1. The number of cyclic esters (lactones) is 1. The van der Waals surface area contributed by atoms with E-state index in [0.29, 0.717) is 0 Å². The second-order valence-electron chi connectivity index (χ2n) is 7.06. The van der Waals surface area contributed by atoms with Crippen LogP contribution in [0.3, 0.4) is 0 Å². The van der Waals surface area contributed by atoms with Crippen molar-refractivity contribution in [2.24, 2.45) is 16.1 Å². The normalized spacial score (nSPS) is 19.0. The first-order chi connectivity index (χ1) is 12.6. The number of fused-ring (bicyclic) bond motifs is 1. The van der Waals surface area contributed by atoms with Crippen LogP contribution in [0.4, 0.5) is 5.69 Å². The van der Waals surface area contributed by atoms with Gasteiger partial charge in [0.2, 0.25) is 0 Å². The Bertz CT molecular complexity index is 900. The zero-order chi connectivity index (χ0) is 19.9. The molecule has 9 nitrogen and oxygen atoms in total. The Morgan fingerprint density at radius 1 is 1.11 bits per heavy atom. The van der Waals surface area contributed by atoms with Gasteiger partial charge in [-0.05, 0) is 18.1 Å². The highest BCUT2D eigenvalue weighted by Crippen LogP contribution is 2.33. The molecular formula is C18H19N3O6. The van der Waals surface area contributed by atoms with Crippen molar-refractivity contribution in [3.05, 3.63) is 41.0 Å². The first kappa shape index (κ1) is 18.6. The van der Waals surface area contributed by atoms with Crippen molar-refractivity contribution in [3.8, 4) is 0 Å². The van der Waals surface area contributed by atoms with E-state index < -0.39 is 35.2 Å². The molecule has 142 valence electrons. The third-order valence-electron chi connectivity index (χ3n) is 3.86. The van der Waals surface area contributed by atoms with Gasteiger partial charge in [0.25, 0.3) is 23.3 Å². The fraction of sp³-hybridized carbons (Fsp3) is 0.389. The summed E-state index contributed by atoms with van der Waals surface area (Å²) in [6, 6.07) is 4.58. The fourth-order valence-electron chi connectivity index (χ4n) is 2.78. The molecule has 0 atom stereocenters. The van der Waals surface area contributed by atoms with Gasteiger partial charge in [-0.2, -0.15) is 0 Å². The molecule has 27 heavy (non-hydrogen) atoms. The van der Waals surface area contributed by atoms with Crippen molar-refractivity contribution in [2.75, 3.05) is 6.54 Å². The molecule has 0 bridgehead atoms. The van der Waals surface area contributed by atoms with Crippen LogP contribution < -0.4 is 0 Å². The zero-order valence-electron chi connectivity index (χ0n) is 15.3. The van der Waals surface area contributed by atoms with Gasteiger partial charge >= 0.3 is 11.9 Å². The lowest BCUT2D eigenvalue weighted by atomic mass is 10.1. The highest BCUT2D eigenvalue weighted by molar-refractivity contribution is 6.23. The molecule has 3 rings (SSSR count). The van der Waals surface area contributed by atoms with Crippen LogP contribution in [0, 0.1) is 5.92 Å². The number of aliphatic hydroxyl groups excluding tert-OH is 1. The molecule has 0 aliphatic carbocycles. The molecule has 1 aromatic rings. The molecule has 0 unspecified atom stereocenters. The number of ether oxygens (including phenoxy) is 2. The molecule has 2 heterocycles. The van der Waals surface area contributed by atoms with E-state index in [4.69, 9.17) is 9.47 Å². The van der Waals surface area contributed by atoms with Crippen LogP contribution in [0.1, 0.15) is 48.4 Å². The molecule has 0 radical (unpaired) electrons. The minimum Gasteiger partial charge on any atom is -0.479 e. The van der Waals surface area contributed by atoms with Gasteiger partial charge in [-0.15, -0.1) is 10.2 Å². The second kappa shape index (κ2) is 6.49. The van der Waals surface area contributed by atoms with E-state index in [-0.39, 0.29) is 29.3 Å². The molecule has 1 aromatic carbocycles. The fourth-order valence-corrected chi connectivity index (χ4v) is 2.78. The van der Waals surface area contributed by atoms with E-state index in [1.807, 2.05) is 13.8 Å². The van der Waals surface area contributed by atoms with E-state index in [1.165, 1.54) is 26.0 Å². The highest BCUT2D eigenvalue weighted by Gasteiger charge is 2.39. The molecule has 0 saturated heterocycles. The molecule has 0 spiro atoms. The Kier molecular flexibility index (Phi) is 4.46. The summed E-state index contributed by atoms with van der Waals surface area (Å²) in [5.41, 5.74) is -0.0888. The maximum atomic E-state index is 12.7. The van der Waals surface area contributed by atoms with Crippen LogP contribution in [0.15, 0.2) is 40.1 Å². The minimum absolute atomic E-state index is 0.107. The maximum absolute atomic E-state index is 12.7. The summed E-state index contributed by atoms with van der Waals surface area (Å²) in [6.07, 6.45) is 0. The molecule has 9 heteroatoms. The lowest BCUT2D eigenvalue weighted by molar-refractivity contribution is -0.222. The standard InChI is InChI=1S/C18H19N3O6/c1-9(2)8-21-14(22)10-6-5-7-11(12(10)15(21)23)19-20-13-16(24)26-18(3,4)27-17(13)25/h5-7,9,24H,8H2,1-4H3. The van der Waals surface area contributed by atoms with Gasteiger partial charge in [-0.1, -0.05) is 19.9 Å². The Morgan fingerprint density at radius 3 is 2.44 bits per heavy atom. The van der Waals surface area contributed by atoms with Crippen molar-refractivity contribution in [1.29, 1.82) is 0 Å². The lowest BCUT2D eigenvalue weighted by Gasteiger charge is -2.28. The van der Waals surface area contributed by atoms with Crippen LogP contribution in [0.25, 0.3) is 0 Å². The molecule has 0 saturated carbocycles. The van der Waals surface area contributed by atoms with Gasteiger partial charge in [0, 0.05) is 20.4 Å². The zero-order valence-corrected chi connectivity index (χ0v) is 15.3. The number of nitrogens with zero attached hydrogens (tertiary/aromatic N) is 3. The molecule has 0 fully saturated rings. The number of hydrogen-bond donors (Lipinski definition) is 1. The van der Waals surface area contributed by atoms with E-state index in [2.05, 4.69) is 10.2 Å². The van der Waals surface area contributed by atoms with Crippen LogP contribution in [-0.4, -0.2) is 40.1 Å². The Hall–Kier alpha value is -3.23. The summed E-state index contributed by atoms with van der Waals surface area (Å²) in [7, 11) is 0. The Balaban J connectivity index is 1.96. The number of carbonyl (C=O) groups excluding carboxylic acids is 3. The lowest BCUT2D eigenvalue weighted by Crippen LogP contribution is -2.36. The number of hydrogen-bond acceptors (Lipinski definition) is 8. The van der Waals surface area contributed by atoms with Gasteiger partial charge < -0.3 is 14.6 Å². The minimum atomic E-state index is -1.33. The van der Waals surface area contributed by atoms with Crippen LogP contribution in [-0.2, 0) is 14.3 Å². The average Bonchev–Trinajstić information content (AvgIpc) is 2.78. The van der Waals surface area contributed by atoms with Gasteiger partial charge in [-0.3, -0.25) is 14.5 Å².